The molecule has 74 heavy (non-hydrogen) atoms. The Balaban J connectivity index is 4.55. The molecule has 0 aromatic carbocycles. The van der Waals surface area contributed by atoms with Gasteiger partial charge in [0.1, 0.15) is 13.2 Å². The quantitative estimate of drug-likeness (QED) is 0.0261. The van der Waals surface area contributed by atoms with Gasteiger partial charge in [0.2, 0.25) is 0 Å². The van der Waals surface area contributed by atoms with E-state index in [1.807, 2.05) is 0 Å². The van der Waals surface area contributed by atoms with Gasteiger partial charge in [0.25, 0.3) is 0 Å². The van der Waals surface area contributed by atoms with Gasteiger partial charge in [-0.3, -0.25) is 14.4 Å². The second-order valence-corrected chi connectivity index (χ2v) is 19.1. The van der Waals surface area contributed by atoms with E-state index in [1.165, 1.54) is 83.5 Å². The van der Waals surface area contributed by atoms with Crippen LogP contribution >= 0.6 is 0 Å². The van der Waals surface area contributed by atoms with Gasteiger partial charge in [0, 0.05) is 19.3 Å². The van der Waals surface area contributed by atoms with Crippen LogP contribution < -0.4 is 0 Å². The first-order valence-corrected chi connectivity index (χ1v) is 29.8. The highest BCUT2D eigenvalue weighted by Gasteiger charge is 2.19. The zero-order valence-corrected chi connectivity index (χ0v) is 47.5. The smallest absolute Gasteiger partial charge is 0.306 e. The van der Waals surface area contributed by atoms with E-state index in [4.69, 9.17) is 14.2 Å². The molecule has 1 unspecified atom stereocenters. The van der Waals surface area contributed by atoms with Crippen LogP contribution in [0, 0.1) is 0 Å². The van der Waals surface area contributed by atoms with Gasteiger partial charge in [-0.1, -0.05) is 237 Å². The number of hydrogen-bond donors (Lipinski definition) is 0. The summed E-state index contributed by atoms with van der Waals surface area (Å²) in [6.07, 6.45) is 87.1. The summed E-state index contributed by atoms with van der Waals surface area (Å²) in [6, 6.07) is 0. The maximum atomic E-state index is 12.9. The minimum absolute atomic E-state index is 0.125. The molecular weight excluding hydrogens is 913 g/mol. The molecule has 0 saturated heterocycles. The highest BCUT2D eigenvalue weighted by molar-refractivity contribution is 5.71. The molecule has 0 rings (SSSR count). The number of unbranched alkanes of at least 4 members (excludes halogenated alkanes) is 17. The summed E-state index contributed by atoms with van der Waals surface area (Å²) in [4.78, 5) is 38.2. The van der Waals surface area contributed by atoms with Crippen molar-refractivity contribution in [3.05, 3.63) is 146 Å². The van der Waals surface area contributed by atoms with Crippen LogP contribution in [-0.2, 0) is 28.6 Å². The highest BCUT2D eigenvalue weighted by Crippen LogP contribution is 2.14. The fourth-order valence-electron chi connectivity index (χ4n) is 7.65. The van der Waals surface area contributed by atoms with Crippen molar-refractivity contribution in [2.75, 3.05) is 13.2 Å². The summed E-state index contributed by atoms with van der Waals surface area (Å²) in [5.74, 6) is -1.03. The second-order valence-electron chi connectivity index (χ2n) is 19.1. The Hall–Kier alpha value is -4.71. The molecule has 0 aliphatic rings. The van der Waals surface area contributed by atoms with Gasteiger partial charge in [-0.05, 0) is 135 Å². The molecule has 0 heterocycles. The fourth-order valence-corrected chi connectivity index (χ4v) is 7.65. The van der Waals surface area contributed by atoms with Crippen molar-refractivity contribution in [3.63, 3.8) is 0 Å². The average Bonchev–Trinajstić information content (AvgIpc) is 3.40. The molecule has 6 heteroatoms. The van der Waals surface area contributed by atoms with Crippen molar-refractivity contribution < 1.29 is 28.6 Å². The van der Waals surface area contributed by atoms with Gasteiger partial charge >= 0.3 is 17.9 Å². The van der Waals surface area contributed by atoms with E-state index in [1.54, 1.807) is 0 Å². The van der Waals surface area contributed by atoms with Crippen LogP contribution in [0.5, 0.6) is 0 Å². The molecule has 0 fully saturated rings. The van der Waals surface area contributed by atoms with Crippen molar-refractivity contribution >= 4 is 17.9 Å². The number of hydrogen-bond acceptors (Lipinski definition) is 6. The number of carbonyl (C=O) groups is 3. The third-order valence-electron chi connectivity index (χ3n) is 12.1. The summed E-state index contributed by atoms with van der Waals surface area (Å²) in [7, 11) is 0. The molecule has 0 aliphatic carbocycles. The Bertz CT molecular complexity index is 1640. The summed E-state index contributed by atoms with van der Waals surface area (Å²) >= 11 is 0. The van der Waals surface area contributed by atoms with E-state index in [0.29, 0.717) is 19.3 Å². The van der Waals surface area contributed by atoms with Crippen molar-refractivity contribution in [2.24, 2.45) is 0 Å². The summed E-state index contributed by atoms with van der Waals surface area (Å²) in [6.45, 7) is 6.32. The molecule has 416 valence electrons. The molecule has 0 spiro atoms. The second kappa shape index (κ2) is 60.8. The van der Waals surface area contributed by atoms with Crippen molar-refractivity contribution in [1.29, 1.82) is 0 Å². The lowest BCUT2D eigenvalue weighted by molar-refractivity contribution is -0.167. The largest absolute Gasteiger partial charge is 0.462 e. The number of allylic oxidation sites excluding steroid dienone is 24. The maximum Gasteiger partial charge on any atom is 0.306 e. The van der Waals surface area contributed by atoms with E-state index in [2.05, 4.69) is 167 Å². The van der Waals surface area contributed by atoms with Gasteiger partial charge in [-0.15, -0.1) is 0 Å². The Labute approximate surface area is 455 Å². The monoisotopic (exact) mass is 1020 g/mol. The number of esters is 3. The van der Waals surface area contributed by atoms with Gasteiger partial charge < -0.3 is 14.2 Å². The minimum Gasteiger partial charge on any atom is -0.462 e. The summed E-state index contributed by atoms with van der Waals surface area (Å²) in [5, 5.41) is 0. The third-order valence-corrected chi connectivity index (χ3v) is 12.1. The molecule has 0 aromatic rings. The van der Waals surface area contributed by atoms with Crippen LogP contribution in [0.3, 0.4) is 0 Å². The average molecular weight is 1020 g/mol. The van der Waals surface area contributed by atoms with Gasteiger partial charge in [-0.25, -0.2) is 0 Å². The predicted molar refractivity (Wildman–Crippen MR) is 320 cm³/mol. The topological polar surface area (TPSA) is 78.9 Å². The molecule has 0 radical (unpaired) electrons. The molecular formula is C68H108O6. The van der Waals surface area contributed by atoms with E-state index in [0.717, 1.165) is 109 Å². The summed E-state index contributed by atoms with van der Waals surface area (Å²) < 4.78 is 16.8. The van der Waals surface area contributed by atoms with Crippen LogP contribution in [0.15, 0.2) is 146 Å². The Kier molecular flexibility index (Phi) is 57.0. The third kappa shape index (κ3) is 58.2. The van der Waals surface area contributed by atoms with E-state index >= 15 is 0 Å². The molecule has 6 nitrogen and oxygen atoms in total. The van der Waals surface area contributed by atoms with Crippen LogP contribution in [0.2, 0.25) is 0 Å². The first-order valence-electron chi connectivity index (χ1n) is 29.8. The Morgan fingerprint density at radius 1 is 0.284 bits per heavy atom. The first kappa shape index (κ1) is 69.3. The van der Waals surface area contributed by atoms with Gasteiger partial charge in [0.05, 0.1) is 0 Å². The van der Waals surface area contributed by atoms with Crippen LogP contribution in [0.4, 0.5) is 0 Å². The van der Waals surface area contributed by atoms with Gasteiger partial charge in [0.15, 0.2) is 6.10 Å². The number of carbonyl (C=O) groups excluding carboxylic acids is 3. The number of rotatable bonds is 52. The standard InChI is InChI=1S/C68H108O6/c1-4-7-10-13-16-19-22-25-28-30-32-33-34-35-36-38-40-43-46-49-52-55-58-61-67(70)73-64-65(63-72-66(69)60-57-54-51-48-45-42-39-27-24-21-18-15-12-9-6-3)74-68(71)62-59-56-53-50-47-44-41-37-31-29-26-23-20-17-14-11-8-5-2/h7,9-10,12,16,18-19,21,25,27-29,31-33,35-36,39-40,43,45,48-49,52,65H,4-6,8,11,13-15,17,20,22-24,26,30,34,37-38,41-42,44,46-47,50-51,53-64H2,1-3H3/b10-7-,12-9-,19-16-,21-18-,28-25-,31-29-,33-32-,36-35-,39-27-,43-40-,48-45-,52-49-. The zero-order chi connectivity index (χ0) is 53.6. The Morgan fingerprint density at radius 2 is 0.541 bits per heavy atom. The van der Waals surface area contributed by atoms with E-state index < -0.39 is 6.10 Å². The SMILES string of the molecule is CC/C=C\C/C=C\C/C=C\C/C=C\C/C=C\C/C=C\C/C=C\CCCC(=O)OCC(COC(=O)CCCC/C=C\C/C=C\C/C=C\C/C=C\CC)OC(=O)CCCCCCCCC/C=C\CCCCCCCCC. The van der Waals surface area contributed by atoms with Crippen LogP contribution in [0.1, 0.15) is 245 Å². The molecule has 0 saturated carbocycles. The lowest BCUT2D eigenvalue weighted by Crippen LogP contribution is -2.30. The maximum absolute atomic E-state index is 12.9. The highest BCUT2D eigenvalue weighted by atomic mass is 16.6. The normalized spacial score (nSPS) is 13.2. The van der Waals surface area contributed by atoms with Gasteiger partial charge in [-0.2, -0.15) is 0 Å². The molecule has 0 aromatic heterocycles. The summed E-state index contributed by atoms with van der Waals surface area (Å²) in [5.41, 5.74) is 0. The lowest BCUT2D eigenvalue weighted by Gasteiger charge is -2.18. The molecule has 0 aliphatic heterocycles. The molecule has 0 amide bonds. The molecule has 1 atom stereocenters. The minimum atomic E-state index is -0.828. The predicted octanol–water partition coefficient (Wildman–Crippen LogP) is 20.4. The number of ether oxygens (including phenoxy) is 3. The van der Waals surface area contributed by atoms with E-state index in [-0.39, 0.29) is 44.0 Å². The van der Waals surface area contributed by atoms with Crippen molar-refractivity contribution in [3.8, 4) is 0 Å². The first-order chi connectivity index (χ1) is 36.5. The lowest BCUT2D eigenvalue weighted by atomic mass is 10.1. The van der Waals surface area contributed by atoms with Crippen LogP contribution in [0.25, 0.3) is 0 Å². The van der Waals surface area contributed by atoms with Crippen LogP contribution in [-0.4, -0.2) is 37.2 Å². The zero-order valence-electron chi connectivity index (χ0n) is 47.5. The van der Waals surface area contributed by atoms with E-state index in [9.17, 15) is 14.4 Å². The molecule has 0 bridgehead atoms. The molecule has 0 N–H and O–H groups in total. The van der Waals surface area contributed by atoms with Crippen molar-refractivity contribution in [2.45, 2.75) is 252 Å². The Morgan fingerprint density at radius 3 is 0.919 bits per heavy atom. The van der Waals surface area contributed by atoms with Crippen molar-refractivity contribution in [1.82, 2.24) is 0 Å². The fraction of sp³-hybridized carbons (Fsp3) is 0.603.